The van der Waals surface area contributed by atoms with Gasteiger partial charge in [0.05, 0.1) is 22.6 Å². The average Bonchev–Trinajstić information content (AvgIpc) is 3.61. The van der Waals surface area contributed by atoms with Gasteiger partial charge in [0.1, 0.15) is 0 Å². The molecule has 0 unspecified atom stereocenters. The van der Waals surface area contributed by atoms with Crippen LogP contribution in [0.15, 0.2) is 200 Å². The maximum absolute atomic E-state index is 6.85. The van der Waals surface area contributed by atoms with Crippen LogP contribution in [0.3, 0.4) is 0 Å². The van der Waals surface area contributed by atoms with Crippen LogP contribution in [0.1, 0.15) is 80.4 Å². The Morgan fingerprint density at radius 1 is 0.338 bits per heavy atom. The number of pyridine rings is 2. The number of benzene rings is 7. The Morgan fingerprint density at radius 3 is 1.10 bits per heavy atom. The lowest BCUT2D eigenvalue weighted by Crippen LogP contribution is -2.41. The van der Waals surface area contributed by atoms with E-state index in [9.17, 15) is 0 Å². The predicted molar refractivity (Wildman–Crippen MR) is 299 cm³/mol. The summed E-state index contributed by atoms with van der Waals surface area (Å²) in [6.07, 6.45) is 3.87. The standard InChI is InChI=1S/C66H63BN2O2/c1-63(2,3)50-33-35-68-61(42-50)46-29-31-57(59(40-46)44-21-13-11-14-22-44)55-27-19-17-25-53(55)48-37-49(39-52(38-48)67-70-65(7,8)66(9,10)71-67)54-26-18-20-28-56(54)58-32-30-47(41-60(58)45-23-15-12-16-24-45)62-43-51(34-36-69-62)64(4,5)6/h11-43H,1-10H3. The van der Waals surface area contributed by atoms with Crippen LogP contribution in [0.2, 0.25) is 0 Å². The van der Waals surface area contributed by atoms with E-state index in [-0.39, 0.29) is 10.8 Å². The summed E-state index contributed by atoms with van der Waals surface area (Å²) in [4.78, 5) is 9.77. The molecule has 0 spiro atoms. The molecule has 3 heterocycles. The molecule has 0 aliphatic carbocycles. The van der Waals surface area contributed by atoms with E-state index in [1.807, 2.05) is 12.4 Å². The summed E-state index contributed by atoms with van der Waals surface area (Å²) in [5.41, 5.74) is 20.0. The first-order chi connectivity index (χ1) is 33.9. The zero-order chi connectivity index (χ0) is 49.7. The monoisotopic (exact) mass is 926 g/mol. The molecule has 0 amide bonds. The molecule has 0 saturated carbocycles. The van der Waals surface area contributed by atoms with Gasteiger partial charge < -0.3 is 9.31 Å². The Hall–Kier alpha value is -7.18. The molecular formula is C66H63BN2O2. The highest BCUT2D eigenvalue weighted by atomic mass is 16.7. The van der Waals surface area contributed by atoms with E-state index in [1.54, 1.807) is 0 Å². The first-order valence-electron chi connectivity index (χ1n) is 25.0. The summed E-state index contributed by atoms with van der Waals surface area (Å²) in [7, 11) is -0.580. The third-order valence-electron chi connectivity index (χ3n) is 14.6. The molecule has 1 fully saturated rings. The van der Waals surface area contributed by atoms with Crippen LogP contribution in [-0.2, 0) is 20.1 Å². The molecule has 0 N–H and O–H groups in total. The minimum absolute atomic E-state index is 0.00152. The van der Waals surface area contributed by atoms with Crippen LogP contribution >= 0.6 is 0 Å². The van der Waals surface area contributed by atoms with E-state index in [0.29, 0.717) is 0 Å². The summed E-state index contributed by atoms with van der Waals surface area (Å²) in [6.45, 7) is 22.0. The van der Waals surface area contributed by atoms with Gasteiger partial charge in [0, 0.05) is 23.5 Å². The molecule has 2 aromatic heterocycles. The van der Waals surface area contributed by atoms with Gasteiger partial charge in [-0.15, -0.1) is 0 Å². The van der Waals surface area contributed by atoms with Gasteiger partial charge in [-0.25, -0.2) is 0 Å². The van der Waals surface area contributed by atoms with Crippen molar-refractivity contribution in [2.24, 2.45) is 0 Å². The van der Waals surface area contributed by atoms with E-state index >= 15 is 0 Å². The Balaban J connectivity index is 1.16. The summed E-state index contributed by atoms with van der Waals surface area (Å²) < 4.78 is 13.7. The van der Waals surface area contributed by atoms with Gasteiger partial charge in [-0.3, -0.25) is 9.97 Å². The number of rotatable bonds is 9. The average molecular weight is 927 g/mol. The fraction of sp³-hybridized carbons (Fsp3) is 0.212. The van der Waals surface area contributed by atoms with Gasteiger partial charge in [-0.05, 0) is 164 Å². The van der Waals surface area contributed by atoms with Crippen molar-refractivity contribution in [2.45, 2.75) is 91.3 Å². The highest BCUT2D eigenvalue weighted by Crippen LogP contribution is 2.45. The van der Waals surface area contributed by atoms with Crippen molar-refractivity contribution in [3.8, 4) is 89.3 Å². The van der Waals surface area contributed by atoms with Crippen molar-refractivity contribution < 1.29 is 9.31 Å². The molecule has 1 aliphatic heterocycles. The second-order valence-corrected chi connectivity index (χ2v) is 22.1. The molecule has 1 saturated heterocycles. The number of hydrogen-bond donors (Lipinski definition) is 0. The van der Waals surface area contributed by atoms with Gasteiger partial charge >= 0.3 is 7.12 Å². The summed E-state index contributed by atoms with van der Waals surface area (Å²) in [5, 5.41) is 0. The van der Waals surface area contributed by atoms with Crippen molar-refractivity contribution in [3.63, 3.8) is 0 Å². The maximum Gasteiger partial charge on any atom is 0.494 e. The summed E-state index contributed by atoms with van der Waals surface area (Å²) in [6, 6.07) is 68.3. The van der Waals surface area contributed by atoms with Gasteiger partial charge in [-0.2, -0.15) is 0 Å². The molecule has 4 nitrogen and oxygen atoms in total. The van der Waals surface area contributed by atoms with Gasteiger partial charge in [-0.1, -0.05) is 187 Å². The first kappa shape index (κ1) is 47.5. The molecule has 5 heteroatoms. The van der Waals surface area contributed by atoms with Gasteiger partial charge in [0.25, 0.3) is 0 Å². The van der Waals surface area contributed by atoms with E-state index in [4.69, 9.17) is 19.3 Å². The lowest BCUT2D eigenvalue weighted by atomic mass is 9.75. The van der Waals surface area contributed by atoms with Crippen LogP contribution in [0, 0.1) is 0 Å². The van der Waals surface area contributed by atoms with Crippen LogP contribution in [0.5, 0.6) is 0 Å². The summed E-state index contributed by atoms with van der Waals surface area (Å²) >= 11 is 0. The molecule has 1 aliphatic rings. The van der Waals surface area contributed by atoms with Gasteiger partial charge in [0.15, 0.2) is 0 Å². The minimum Gasteiger partial charge on any atom is -0.399 e. The normalized spacial score (nSPS) is 14.4. The largest absolute Gasteiger partial charge is 0.494 e. The zero-order valence-corrected chi connectivity index (χ0v) is 42.8. The number of hydrogen-bond acceptors (Lipinski definition) is 4. The van der Waals surface area contributed by atoms with E-state index in [1.165, 1.54) is 11.1 Å². The molecule has 352 valence electrons. The zero-order valence-electron chi connectivity index (χ0n) is 42.8. The maximum atomic E-state index is 6.85. The highest BCUT2D eigenvalue weighted by Gasteiger charge is 2.52. The fourth-order valence-electron chi connectivity index (χ4n) is 9.72. The summed E-state index contributed by atoms with van der Waals surface area (Å²) in [5.74, 6) is 0. The van der Waals surface area contributed by atoms with Crippen LogP contribution < -0.4 is 5.46 Å². The third-order valence-corrected chi connectivity index (χ3v) is 14.6. The Labute approximate surface area is 422 Å². The van der Waals surface area contributed by atoms with Crippen molar-refractivity contribution in [1.29, 1.82) is 0 Å². The molecule has 10 rings (SSSR count). The Bertz CT molecular complexity index is 3180. The quantitative estimate of drug-likeness (QED) is 0.135. The predicted octanol–water partition coefficient (Wildman–Crippen LogP) is 16.7. The van der Waals surface area contributed by atoms with Crippen molar-refractivity contribution in [2.75, 3.05) is 0 Å². The third kappa shape index (κ3) is 9.57. The molecule has 0 radical (unpaired) electrons. The topological polar surface area (TPSA) is 44.2 Å². The molecule has 9 aromatic rings. The van der Waals surface area contributed by atoms with Crippen molar-refractivity contribution in [1.82, 2.24) is 9.97 Å². The molecule has 0 bridgehead atoms. The van der Waals surface area contributed by atoms with E-state index in [2.05, 4.69) is 257 Å². The van der Waals surface area contributed by atoms with E-state index in [0.717, 1.165) is 94.7 Å². The Kier molecular flexibility index (Phi) is 12.4. The van der Waals surface area contributed by atoms with Crippen LogP contribution in [-0.4, -0.2) is 28.3 Å². The highest BCUT2D eigenvalue weighted by molar-refractivity contribution is 6.62. The van der Waals surface area contributed by atoms with Crippen molar-refractivity contribution >= 4 is 12.6 Å². The van der Waals surface area contributed by atoms with Gasteiger partial charge in [0.2, 0.25) is 0 Å². The first-order valence-corrected chi connectivity index (χ1v) is 25.0. The van der Waals surface area contributed by atoms with E-state index < -0.39 is 18.3 Å². The van der Waals surface area contributed by atoms with Crippen molar-refractivity contribution in [3.05, 3.63) is 212 Å². The SMILES string of the molecule is CC(C)(C)c1ccnc(-c2ccc(-c3ccccc3-c3cc(B4OC(C)(C)C(C)(C)O4)cc(-c4ccccc4-c4ccc(-c5cc(C(C)(C)C)ccn5)cc4-c4ccccc4)c3)c(-c3ccccc3)c2)c1. The lowest BCUT2D eigenvalue weighted by Gasteiger charge is -2.32. The van der Waals surface area contributed by atoms with Crippen LogP contribution in [0.25, 0.3) is 89.3 Å². The van der Waals surface area contributed by atoms with Crippen LogP contribution in [0.4, 0.5) is 0 Å². The Morgan fingerprint density at radius 2 is 0.704 bits per heavy atom. The molecule has 71 heavy (non-hydrogen) atoms. The lowest BCUT2D eigenvalue weighted by molar-refractivity contribution is 0.00578. The minimum atomic E-state index is -0.580. The second kappa shape index (κ2) is 18.5. The molecular weight excluding hydrogens is 864 g/mol. The molecule has 0 atom stereocenters. The number of aromatic nitrogens is 2. The number of nitrogens with zero attached hydrogens (tertiary/aromatic N) is 2. The molecule has 7 aromatic carbocycles. The second-order valence-electron chi connectivity index (χ2n) is 22.1. The fourth-order valence-corrected chi connectivity index (χ4v) is 9.72. The smallest absolute Gasteiger partial charge is 0.399 e.